The van der Waals surface area contributed by atoms with E-state index in [-0.39, 0.29) is 29.2 Å². The summed E-state index contributed by atoms with van der Waals surface area (Å²) >= 11 is 0. The van der Waals surface area contributed by atoms with Gasteiger partial charge in [0.2, 0.25) is 0 Å². The predicted octanol–water partition coefficient (Wildman–Crippen LogP) is 3.19. The first-order chi connectivity index (χ1) is 11.1. The van der Waals surface area contributed by atoms with Crippen molar-refractivity contribution in [2.45, 2.75) is 46.3 Å². The van der Waals surface area contributed by atoms with E-state index in [2.05, 4.69) is 0 Å². The van der Waals surface area contributed by atoms with Gasteiger partial charge in [-0.3, -0.25) is 0 Å². The van der Waals surface area contributed by atoms with Crippen LogP contribution in [-0.2, 0) is 12.2 Å². The van der Waals surface area contributed by atoms with E-state index in [9.17, 15) is 20.1 Å². The molecule has 0 spiro atoms. The maximum Gasteiger partial charge on any atom is 0.336 e. The van der Waals surface area contributed by atoms with Crippen molar-refractivity contribution in [3.05, 3.63) is 51.4 Å². The lowest BCUT2D eigenvalue weighted by Gasteiger charge is -2.26. The van der Waals surface area contributed by atoms with Crippen LogP contribution in [-0.4, -0.2) is 15.3 Å². The van der Waals surface area contributed by atoms with Crippen LogP contribution in [0.15, 0.2) is 39.1 Å². The fourth-order valence-electron chi connectivity index (χ4n) is 2.75. The number of benzene rings is 1. The van der Waals surface area contributed by atoms with Crippen LogP contribution >= 0.6 is 0 Å². The molecule has 2 aromatic rings. The van der Waals surface area contributed by atoms with Crippen LogP contribution in [0.1, 0.15) is 45.2 Å². The summed E-state index contributed by atoms with van der Waals surface area (Å²) in [6.07, 6.45) is 2.28. The number of phenols is 1. The highest BCUT2D eigenvalue weighted by molar-refractivity contribution is 5.84. The van der Waals surface area contributed by atoms with Crippen molar-refractivity contribution in [1.29, 1.82) is 0 Å². The van der Waals surface area contributed by atoms with Crippen LogP contribution in [0.4, 0.5) is 0 Å². The minimum atomic E-state index is -2.16. The summed E-state index contributed by atoms with van der Waals surface area (Å²) in [5.74, 6) is -2.40. The molecule has 24 heavy (non-hydrogen) atoms. The molecule has 130 valence electrons. The highest BCUT2D eigenvalue weighted by Crippen LogP contribution is 2.39. The molecule has 0 aliphatic carbocycles. The van der Waals surface area contributed by atoms with Gasteiger partial charge >= 0.3 is 5.63 Å². The molecule has 0 aliphatic rings. The molecule has 1 aromatic heterocycles. The number of hydrogen-bond donors (Lipinski definition) is 3. The van der Waals surface area contributed by atoms with E-state index in [0.29, 0.717) is 17.4 Å². The summed E-state index contributed by atoms with van der Waals surface area (Å²) in [4.78, 5) is 11.5. The van der Waals surface area contributed by atoms with E-state index >= 15 is 0 Å². The van der Waals surface area contributed by atoms with Crippen molar-refractivity contribution >= 4 is 11.0 Å². The summed E-state index contributed by atoms with van der Waals surface area (Å²) in [5.41, 5.74) is 1.18. The molecule has 0 atom stereocenters. The van der Waals surface area contributed by atoms with E-state index in [0.717, 1.165) is 5.57 Å². The number of phenolic OH excluding ortho intramolecular Hbond substituents is 1. The Morgan fingerprint density at radius 1 is 1.29 bits per heavy atom. The molecular formula is C19H24O5. The standard InChI is InChI=1S/C19H24O5/c1-11(2)5-7-14-17(21)15(19(22,23)10-12(3)4)9-13-6-8-16(20)24-18(13)14/h5-6,8-9,12,21-23H,7,10H2,1-4H3. The monoisotopic (exact) mass is 332 g/mol. The summed E-state index contributed by atoms with van der Waals surface area (Å²) in [6, 6.07) is 4.29. The Morgan fingerprint density at radius 2 is 1.96 bits per heavy atom. The molecule has 0 bridgehead atoms. The molecule has 3 N–H and O–H groups in total. The van der Waals surface area contributed by atoms with Crippen LogP contribution in [0.3, 0.4) is 0 Å². The second-order valence-electron chi connectivity index (χ2n) is 6.82. The smallest absolute Gasteiger partial charge is 0.336 e. The number of aliphatic hydroxyl groups is 2. The van der Waals surface area contributed by atoms with Crippen molar-refractivity contribution in [3.8, 4) is 5.75 Å². The minimum absolute atomic E-state index is 0.0186. The Balaban J connectivity index is 2.74. The first-order valence-corrected chi connectivity index (χ1v) is 7.99. The molecule has 0 unspecified atom stereocenters. The first-order valence-electron chi connectivity index (χ1n) is 7.99. The van der Waals surface area contributed by atoms with E-state index in [1.54, 1.807) is 6.07 Å². The highest BCUT2D eigenvalue weighted by atomic mass is 16.5. The molecular weight excluding hydrogens is 308 g/mol. The molecule has 0 radical (unpaired) electrons. The number of aromatic hydroxyl groups is 1. The van der Waals surface area contributed by atoms with Crippen molar-refractivity contribution in [2.24, 2.45) is 5.92 Å². The Bertz CT molecular complexity index is 824. The molecule has 0 saturated heterocycles. The fraction of sp³-hybridized carbons (Fsp3) is 0.421. The van der Waals surface area contributed by atoms with E-state index < -0.39 is 11.4 Å². The van der Waals surface area contributed by atoms with Crippen LogP contribution < -0.4 is 5.63 Å². The van der Waals surface area contributed by atoms with E-state index in [1.165, 1.54) is 12.1 Å². The third-order valence-corrected chi connectivity index (χ3v) is 3.82. The van der Waals surface area contributed by atoms with Crippen LogP contribution in [0.2, 0.25) is 0 Å². The van der Waals surface area contributed by atoms with Crippen molar-refractivity contribution < 1.29 is 19.7 Å². The lowest BCUT2D eigenvalue weighted by Crippen LogP contribution is -2.27. The molecule has 0 saturated carbocycles. The van der Waals surface area contributed by atoms with Crippen LogP contribution in [0.5, 0.6) is 5.75 Å². The van der Waals surface area contributed by atoms with E-state index in [4.69, 9.17) is 4.42 Å². The van der Waals surface area contributed by atoms with Crippen LogP contribution in [0, 0.1) is 5.92 Å². The van der Waals surface area contributed by atoms with Gasteiger partial charge in [0.15, 0.2) is 5.79 Å². The molecule has 2 rings (SSSR count). The molecule has 1 aromatic carbocycles. The number of rotatable bonds is 5. The second kappa shape index (κ2) is 6.79. The average molecular weight is 332 g/mol. The Hall–Kier alpha value is -2.11. The zero-order valence-corrected chi connectivity index (χ0v) is 14.5. The van der Waals surface area contributed by atoms with Gasteiger partial charge in [-0.05, 0) is 38.3 Å². The molecule has 5 nitrogen and oxygen atoms in total. The van der Waals surface area contributed by atoms with Gasteiger partial charge < -0.3 is 19.7 Å². The van der Waals surface area contributed by atoms with Crippen molar-refractivity contribution in [1.82, 2.24) is 0 Å². The van der Waals surface area contributed by atoms with E-state index in [1.807, 2.05) is 33.8 Å². The lowest BCUT2D eigenvalue weighted by molar-refractivity contribution is -0.181. The van der Waals surface area contributed by atoms with Gasteiger partial charge in [-0.1, -0.05) is 25.5 Å². The SMILES string of the molecule is CC(C)=CCc1c(O)c(C(O)(O)CC(C)C)cc2ccc(=O)oc12. The maximum absolute atomic E-state index is 11.5. The van der Waals surface area contributed by atoms with Gasteiger partial charge in [-0.2, -0.15) is 0 Å². The van der Waals surface area contributed by atoms with Crippen LogP contribution in [0.25, 0.3) is 11.0 Å². The average Bonchev–Trinajstić information content (AvgIpc) is 2.44. The lowest BCUT2D eigenvalue weighted by atomic mass is 9.91. The molecule has 0 amide bonds. The Kier molecular flexibility index (Phi) is 5.16. The number of hydrogen-bond acceptors (Lipinski definition) is 5. The topological polar surface area (TPSA) is 90.9 Å². The highest BCUT2D eigenvalue weighted by Gasteiger charge is 2.32. The zero-order chi connectivity index (χ0) is 18.1. The van der Waals surface area contributed by atoms with Gasteiger partial charge in [0.1, 0.15) is 11.3 Å². The zero-order valence-electron chi connectivity index (χ0n) is 14.5. The van der Waals surface area contributed by atoms with Crippen molar-refractivity contribution in [3.63, 3.8) is 0 Å². The van der Waals surface area contributed by atoms with Gasteiger partial charge in [0.25, 0.3) is 0 Å². The normalized spacial score (nSPS) is 12.0. The summed E-state index contributed by atoms with van der Waals surface area (Å²) < 4.78 is 5.25. The third-order valence-electron chi connectivity index (χ3n) is 3.82. The number of allylic oxidation sites excluding steroid dienone is 2. The van der Waals surface area contributed by atoms with Gasteiger partial charge in [0.05, 0.1) is 5.56 Å². The summed E-state index contributed by atoms with van der Waals surface area (Å²) in [6.45, 7) is 7.56. The number of fused-ring (bicyclic) bond motifs is 1. The summed E-state index contributed by atoms with van der Waals surface area (Å²) in [5, 5.41) is 32.0. The van der Waals surface area contributed by atoms with Gasteiger partial charge in [-0.15, -0.1) is 0 Å². The Labute approximate surface area is 140 Å². The third kappa shape index (κ3) is 3.86. The van der Waals surface area contributed by atoms with Crippen molar-refractivity contribution in [2.75, 3.05) is 0 Å². The largest absolute Gasteiger partial charge is 0.507 e. The fourth-order valence-corrected chi connectivity index (χ4v) is 2.75. The van der Waals surface area contributed by atoms with Gasteiger partial charge in [0, 0.05) is 23.4 Å². The molecule has 5 heteroatoms. The Morgan fingerprint density at radius 3 is 2.54 bits per heavy atom. The predicted molar refractivity (Wildman–Crippen MR) is 92.9 cm³/mol. The van der Waals surface area contributed by atoms with Gasteiger partial charge in [-0.25, -0.2) is 4.79 Å². The maximum atomic E-state index is 11.5. The second-order valence-corrected chi connectivity index (χ2v) is 6.82. The summed E-state index contributed by atoms with van der Waals surface area (Å²) in [7, 11) is 0. The molecule has 0 aliphatic heterocycles. The minimum Gasteiger partial charge on any atom is -0.507 e. The first kappa shape index (κ1) is 18.2. The molecule has 1 heterocycles. The molecule has 0 fully saturated rings. The quantitative estimate of drug-likeness (QED) is 0.444.